The molecule has 1 heterocycles. The Labute approximate surface area is 243 Å². The van der Waals surface area contributed by atoms with Gasteiger partial charge in [0.15, 0.2) is 0 Å². The number of rotatable bonds is 12. The Bertz CT molecular complexity index is 1420. The van der Waals surface area contributed by atoms with E-state index in [1.165, 1.54) is 17.0 Å². The highest BCUT2D eigenvalue weighted by Gasteiger charge is 2.29. The van der Waals surface area contributed by atoms with Gasteiger partial charge >= 0.3 is 6.09 Å². The number of aliphatic imine (C=N–C) groups is 1. The number of unbranched alkanes of at least 4 members (excludes halogenated alkanes) is 1. The minimum Gasteiger partial charge on any atom is -0.465 e. The number of carbonyl (C=O) groups excluding carboxylic acids is 2. The van der Waals surface area contributed by atoms with Crippen LogP contribution in [0.3, 0.4) is 0 Å². The maximum absolute atomic E-state index is 13.2. The number of amidine groups is 1. The zero-order valence-electron chi connectivity index (χ0n) is 22.1. The fourth-order valence-electron chi connectivity index (χ4n) is 4.19. The van der Waals surface area contributed by atoms with Crippen LogP contribution in [-0.4, -0.2) is 84.6 Å². The number of primary amides is 1. The van der Waals surface area contributed by atoms with E-state index in [-0.39, 0.29) is 28.8 Å². The van der Waals surface area contributed by atoms with Crippen molar-refractivity contribution in [3.8, 4) is 0 Å². The summed E-state index contributed by atoms with van der Waals surface area (Å²) in [6, 6.07) is 9.89. The topological polar surface area (TPSA) is 154 Å². The van der Waals surface area contributed by atoms with Gasteiger partial charge in [-0.15, -0.1) is 0 Å². The van der Waals surface area contributed by atoms with Gasteiger partial charge in [0.05, 0.1) is 24.7 Å². The molecule has 0 aromatic heterocycles. The van der Waals surface area contributed by atoms with Crippen molar-refractivity contribution in [3.63, 3.8) is 0 Å². The number of sulfonamides is 1. The molecular formula is C26H31Cl2N5O6S. The van der Waals surface area contributed by atoms with Crippen LogP contribution < -0.4 is 5.73 Å². The molecule has 3 amide bonds. The lowest BCUT2D eigenvalue weighted by atomic mass is 10.1. The average molecular weight is 613 g/mol. The van der Waals surface area contributed by atoms with Gasteiger partial charge in [-0.05, 0) is 43.0 Å². The number of hydrogen-bond donors (Lipinski definition) is 2. The molecule has 0 radical (unpaired) electrons. The van der Waals surface area contributed by atoms with Gasteiger partial charge in [0, 0.05) is 37.1 Å². The van der Waals surface area contributed by atoms with Crippen molar-refractivity contribution in [3.05, 3.63) is 63.1 Å². The van der Waals surface area contributed by atoms with Crippen molar-refractivity contribution in [1.29, 1.82) is 0 Å². The molecule has 0 aliphatic carbocycles. The number of nitrogens with two attached hydrogens (primary N) is 1. The van der Waals surface area contributed by atoms with Crippen molar-refractivity contribution >= 4 is 57.0 Å². The normalized spacial score (nSPS) is 13.4. The standard InChI is InChI=1S/C26H31Cl2N5O6S/c1-17-20(27)10-11-21(24(17)28)40(38,39)32(16-22(29)34)13-4-3-5-23(35)31(2)15-18-6-8-19(9-7-18)25-30-12-14-33(25)26(36)37/h6-11H,3-5,12-16H2,1-2H3,(H2,29,34)(H,36,37). The summed E-state index contributed by atoms with van der Waals surface area (Å²) in [6.45, 7) is 2.12. The lowest BCUT2D eigenvalue weighted by Gasteiger charge is -2.22. The van der Waals surface area contributed by atoms with Crippen LogP contribution in [0.25, 0.3) is 0 Å². The zero-order chi connectivity index (χ0) is 29.6. The van der Waals surface area contributed by atoms with Gasteiger partial charge in [-0.1, -0.05) is 47.5 Å². The Morgan fingerprint density at radius 2 is 1.77 bits per heavy atom. The van der Waals surface area contributed by atoms with Crippen LogP contribution in [0.1, 0.15) is 36.0 Å². The quantitative estimate of drug-likeness (QED) is 0.351. The summed E-state index contributed by atoms with van der Waals surface area (Å²) in [4.78, 5) is 42.5. The summed E-state index contributed by atoms with van der Waals surface area (Å²) in [5.41, 5.74) is 7.24. The maximum Gasteiger partial charge on any atom is 0.413 e. The second-order valence-electron chi connectivity index (χ2n) is 9.33. The molecule has 2 aromatic rings. The van der Waals surface area contributed by atoms with E-state index in [1.54, 1.807) is 31.0 Å². The Morgan fingerprint density at radius 1 is 1.10 bits per heavy atom. The molecule has 0 spiro atoms. The molecule has 0 saturated heterocycles. The molecule has 216 valence electrons. The van der Waals surface area contributed by atoms with Crippen LogP contribution in [0.2, 0.25) is 10.0 Å². The number of benzene rings is 2. The van der Waals surface area contributed by atoms with E-state index < -0.39 is 28.6 Å². The van der Waals surface area contributed by atoms with Crippen LogP contribution in [0.4, 0.5) is 4.79 Å². The highest BCUT2D eigenvalue weighted by Crippen LogP contribution is 2.32. The van der Waals surface area contributed by atoms with E-state index in [1.807, 2.05) is 12.1 Å². The summed E-state index contributed by atoms with van der Waals surface area (Å²) in [6.07, 6.45) is -0.187. The maximum atomic E-state index is 13.2. The van der Waals surface area contributed by atoms with E-state index in [4.69, 9.17) is 28.9 Å². The first-order valence-electron chi connectivity index (χ1n) is 12.4. The van der Waals surface area contributed by atoms with Gasteiger partial charge in [0.1, 0.15) is 10.7 Å². The Hall–Kier alpha value is -3.19. The molecule has 2 aromatic carbocycles. The Kier molecular flexibility index (Phi) is 10.5. The first kappa shape index (κ1) is 31.3. The predicted octanol–water partition coefficient (Wildman–Crippen LogP) is 3.35. The first-order chi connectivity index (χ1) is 18.8. The van der Waals surface area contributed by atoms with Crippen LogP contribution in [0.15, 0.2) is 46.3 Å². The smallest absolute Gasteiger partial charge is 0.413 e. The Morgan fingerprint density at radius 3 is 2.40 bits per heavy atom. The summed E-state index contributed by atoms with van der Waals surface area (Å²) in [7, 11) is -2.47. The molecular weight excluding hydrogens is 581 g/mol. The number of hydrogen-bond acceptors (Lipinski definition) is 6. The van der Waals surface area contributed by atoms with Gasteiger partial charge in [-0.25, -0.2) is 13.2 Å². The lowest BCUT2D eigenvalue weighted by Crippen LogP contribution is -2.39. The number of carboxylic acid groups (broad SMARTS) is 1. The third kappa shape index (κ3) is 7.51. The van der Waals surface area contributed by atoms with Crippen LogP contribution in [0.5, 0.6) is 0 Å². The third-order valence-electron chi connectivity index (χ3n) is 6.41. The molecule has 1 aliphatic rings. The van der Waals surface area contributed by atoms with Crippen LogP contribution >= 0.6 is 23.2 Å². The van der Waals surface area contributed by atoms with Crippen LogP contribution in [-0.2, 0) is 26.2 Å². The van der Waals surface area contributed by atoms with Crippen molar-refractivity contribution in [1.82, 2.24) is 14.1 Å². The van der Waals surface area contributed by atoms with Gasteiger partial charge in [-0.3, -0.25) is 19.5 Å². The van der Waals surface area contributed by atoms with Crippen molar-refractivity contribution < 1.29 is 27.9 Å². The van der Waals surface area contributed by atoms with Crippen LogP contribution in [0, 0.1) is 6.92 Å². The molecule has 40 heavy (non-hydrogen) atoms. The molecule has 3 N–H and O–H groups in total. The highest BCUT2D eigenvalue weighted by molar-refractivity contribution is 7.89. The summed E-state index contributed by atoms with van der Waals surface area (Å²) < 4.78 is 27.4. The lowest BCUT2D eigenvalue weighted by molar-refractivity contribution is -0.130. The third-order valence-corrected chi connectivity index (χ3v) is 9.31. The van der Waals surface area contributed by atoms with Crippen molar-refractivity contribution in [2.75, 3.05) is 33.2 Å². The molecule has 3 rings (SSSR count). The summed E-state index contributed by atoms with van der Waals surface area (Å²) in [5, 5.41) is 9.59. The predicted molar refractivity (Wildman–Crippen MR) is 152 cm³/mol. The highest BCUT2D eigenvalue weighted by atomic mass is 35.5. The minimum absolute atomic E-state index is 0.0257. The molecule has 14 heteroatoms. The SMILES string of the molecule is Cc1c(Cl)ccc(S(=O)(=O)N(CCCCC(=O)N(C)Cc2ccc(C3=NCCN3C(=O)O)cc2)CC(N)=O)c1Cl. The number of nitrogens with zero attached hydrogens (tertiary/aromatic N) is 4. The van der Waals surface area contributed by atoms with Crippen molar-refractivity contribution in [2.45, 2.75) is 37.6 Å². The molecule has 0 fully saturated rings. The average Bonchev–Trinajstić information content (AvgIpc) is 3.39. The molecule has 0 unspecified atom stereocenters. The summed E-state index contributed by atoms with van der Waals surface area (Å²) >= 11 is 12.3. The number of carbonyl (C=O) groups is 3. The second kappa shape index (κ2) is 13.4. The van der Waals surface area contributed by atoms with E-state index >= 15 is 0 Å². The van der Waals surface area contributed by atoms with Crippen molar-refractivity contribution in [2.24, 2.45) is 10.7 Å². The van der Waals surface area contributed by atoms with E-state index in [2.05, 4.69) is 4.99 Å². The fraction of sp³-hybridized carbons (Fsp3) is 0.385. The molecule has 0 atom stereocenters. The summed E-state index contributed by atoms with van der Waals surface area (Å²) in [5.74, 6) is -0.547. The largest absolute Gasteiger partial charge is 0.465 e. The molecule has 0 saturated carbocycles. The minimum atomic E-state index is -4.14. The number of halogens is 2. The second-order valence-corrected chi connectivity index (χ2v) is 12.0. The van der Waals surface area contributed by atoms with E-state index in [0.717, 1.165) is 9.87 Å². The zero-order valence-corrected chi connectivity index (χ0v) is 24.5. The molecule has 1 aliphatic heterocycles. The fourth-order valence-corrected chi connectivity index (χ4v) is 6.42. The Balaban J connectivity index is 1.55. The molecule has 11 nitrogen and oxygen atoms in total. The van der Waals surface area contributed by atoms with E-state index in [9.17, 15) is 27.9 Å². The van der Waals surface area contributed by atoms with Gasteiger partial charge in [-0.2, -0.15) is 4.31 Å². The van der Waals surface area contributed by atoms with Gasteiger partial charge < -0.3 is 15.7 Å². The van der Waals surface area contributed by atoms with Gasteiger partial charge in [0.2, 0.25) is 21.8 Å². The van der Waals surface area contributed by atoms with Gasteiger partial charge in [0.25, 0.3) is 0 Å². The van der Waals surface area contributed by atoms with E-state index in [0.29, 0.717) is 54.5 Å². The monoisotopic (exact) mass is 611 g/mol. The molecule has 0 bridgehead atoms. The number of amides is 3. The first-order valence-corrected chi connectivity index (χ1v) is 14.6.